The van der Waals surface area contributed by atoms with Crippen LogP contribution in [0.15, 0.2) is 53.7 Å². The van der Waals surface area contributed by atoms with Gasteiger partial charge in [0.25, 0.3) is 0 Å². The number of aryl methyl sites for hydroxylation is 1. The van der Waals surface area contributed by atoms with Crippen LogP contribution in [0.25, 0.3) is 5.69 Å². The zero-order valence-electron chi connectivity index (χ0n) is 14.2. The summed E-state index contributed by atoms with van der Waals surface area (Å²) in [5.41, 5.74) is 3.05. The number of rotatable bonds is 5. The van der Waals surface area contributed by atoms with Gasteiger partial charge in [-0.05, 0) is 54.6 Å². The molecule has 0 aliphatic carbocycles. The molecule has 0 saturated heterocycles. The molecule has 130 valence electrons. The summed E-state index contributed by atoms with van der Waals surface area (Å²) in [7, 11) is 0. The molecule has 0 fully saturated rings. The summed E-state index contributed by atoms with van der Waals surface area (Å²) in [5, 5.41) is 23.6. The molecule has 1 heterocycles. The molecule has 0 spiro atoms. The number of nitrogens with one attached hydrogen (secondary N) is 1. The van der Waals surface area contributed by atoms with Gasteiger partial charge in [0.1, 0.15) is 0 Å². The van der Waals surface area contributed by atoms with E-state index in [9.17, 15) is 4.79 Å². The van der Waals surface area contributed by atoms with Crippen LogP contribution in [0.1, 0.15) is 18.1 Å². The number of hydrogen-bond donors (Lipinski definition) is 1. The number of carbonyl (C=O) groups is 1. The topological polar surface area (TPSA) is 96.5 Å². The predicted octanol–water partition coefficient (Wildman–Crippen LogP) is 2.96. The van der Waals surface area contributed by atoms with E-state index in [4.69, 9.17) is 5.26 Å². The molecule has 0 aliphatic heterocycles. The van der Waals surface area contributed by atoms with Crippen molar-refractivity contribution in [2.75, 3.05) is 5.32 Å². The van der Waals surface area contributed by atoms with E-state index in [1.54, 1.807) is 35.9 Å². The van der Waals surface area contributed by atoms with Crippen LogP contribution in [0.5, 0.6) is 0 Å². The normalized spacial score (nSPS) is 11.6. The largest absolute Gasteiger partial charge is 0.325 e. The third kappa shape index (κ3) is 4.07. The first-order valence-corrected chi connectivity index (χ1v) is 8.78. The van der Waals surface area contributed by atoms with Crippen molar-refractivity contribution in [3.8, 4) is 11.8 Å². The summed E-state index contributed by atoms with van der Waals surface area (Å²) >= 11 is 1.26. The van der Waals surface area contributed by atoms with Crippen molar-refractivity contribution in [3.05, 3.63) is 59.7 Å². The number of anilines is 1. The lowest BCUT2D eigenvalue weighted by molar-refractivity contribution is -0.115. The monoisotopic (exact) mass is 364 g/mol. The predicted molar refractivity (Wildman–Crippen MR) is 99.0 cm³/mol. The first-order chi connectivity index (χ1) is 12.6. The van der Waals surface area contributed by atoms with Crippen LogP contribution in [-0.2, 0) is 4.79 Å². The minimum atomic E-state index is -0.420. The van der Waals surface area contributed by atoms with Gasteiger partial charge in [-0.3, -0.25) is 4.79 Å². The van der Waals surface area contributed by atoms with E-state index in [0.29, 0.717) is 16.4 Å². The van der Waals surface area contributed by atoms with Crippen molar-refractivity contribution in [2.24, 2.45) is 0 Å². The summed E-state index contributed by atoms with van der Waals surface area (Å²) in [5.74, 6) is -0.191. The van der Waals surface area contributed by atoms with Gasteiger partial charge >= 0.3 is 0 Å². The minimum Gasteiger partial charge on any atom is -0.325 e. The lowest BCUT2D eigenvalue weighted by Crippen LogP contribution is -2.23. The number of nitrogens with zero attached hydrogens (tertiary/aromatic N) is 5. The van der Waals surface area contributed by atoms with Gasteiger partial charge in [0, 0.05) is 5.69 Å². The van der Waals surface area contributed by atoms with Gasteiger partial charge in [0.2, 0.25) is 11.1 Å². The van der Waals surface area contributed by atoms with Gasteiger partial charge in [-0.2, -0.15) is 9.94 Å². The molecule has 1 amide bonds. The molecule has 1 unspecified atom stereocenters. The van der Waals surface area contributed by atoms with E-state index in [1.807, 2.05) is 37.3 Å². The fraction of sp³-hybridized carbons (Fsp3) is 0.167. The van der Waals surface area contributed by atoms with Gasteiger partial charge < -0.3 is 5.32 Å². The highest BCUT2D eigenvalue weighted by Crippen LogP contribution is 2.24. The van der Waals surface area contributed by atoms with Gasteiger partial charge in [0.15, 0.2) is 0 Å². The van der Waals surface area contributed by atoms with Crippen LogP contribution < -0.4 is 5.32 Å². The van der Waals surface area contributed by atoms with Gasteiger partial charge in [0.05, 0.1) is 22.6 Å². The van der Waals surface area contributed by atoms with Crippen LogP contribution in [-0.4, -0.2) is 31.4 Å². The molecule has 0 saturated carbocycles. The van der Waals surface area contributed by atoms with Crippen LogP contribution in [0, 0.1) is 18.3 Å². The van der Waals surface area contributed by atoms with Gasteiger partial charge in [-0.25, -0.2) is 0 Å². The highest BCUT2D eigenvalue weighted by molar-refractivity contribution is 8.00. The molecule has 3 aromatic rings. The summed E-state index contributed by atoms with van der Waals surface area (Å²) in [6, 6.07) is 16.6. The molecule has 3 rings (SSSR count). The first kappa shape index (κ1) is 17.6. The third-order valence-electron chi connectivity index (χ3n) is 3.63. The zero-order chi connectivity index (χ0) is 18.5. The molecule has 1 atom stereocenters. The smallest absolute Gasteiger partial charge is 0.237 e. The quantitative estimate of drug-likeness (QED) is 0.699. The lowest BCUT2D eigenvalue weighted by Gasteiger charge is -2.12. The highest BCUT2D eigenvalue weighted by atomic mass is 32.2. The molecule has 0 bridgehead atoms. The Morgan fingerprint density at radius 3 is 2.77 bits per heavy atom. The van der Waals surface area contributed by atoms with Gasteiger partial charge in [-0.1, -0.05) is 35.5 Å². The summed E-state index contributed by atoms with van der Waals surface area (Å²) in [6.07, 6.45) is 0. The van der Waals surface area contributed by atoms with E-state index in [2.05, 4.69) is 20.8 Å². The summed E-state index contributed by atoms with van der Waals surface area (Å²) < 4.78 is 1.60. The van der Waals surface area contributed by atoms with Gasteiger partial charge in [-0.15, -0.1) is 5.10 Å². The first-order valence-electron chi connectivity index (χ1n) is 7.90. The highest BCUT2D eigenvalue weighted by Gasteiger charge is 2.19. The molecule has 2 aromatic carbocycles. The van der Waals surface area contributed by atoms with Crippen molar-refractivity contribution >= 4 is 23.4 Å². The fourth-order valence-electron chi connectivity index (χ4n) is 2.22. The molecular weight excluding hydrogens is 348 g/mol. The second-order valence-corrected chi connectivity index (χ2v) is 6.96. The maximum Gasteiger partial charge on any atom is 0.237 e. The van der Waals surface area contributed by atoms with Crippen molar-refractivity contribution in [1.82, 2.24) is 20.2 Å². The Hall–Kier alpha value is -3.18. The second kappa shape index (κ2) is 7.80. The Labute approximate surface area is 155 Å². The Kier molecular flexibility index (Phi) is 5.29. The number of aromatic nitrogens is 4. The maximum absolute atomic E-state index is 12.4. The van der Waals surface area contributed by atoms with Crippen LogP contribution in [0.2, 0.25) is 0 Å². The molecule has 26 heavy (non-hydrogen) atoms. The molecular formula is C18H16N6OS. The number of thioether (sulfide) groups is 1. The summed E-state index contributed by atoms with van der Waals surface area (Å²) in [4.78, 5) is 12.4. The fourth-order valence-corrected chi connectivity index (χ4v) is 3.03. The molecule has 1 aromatic heterocycles. The number of hydrogen-bond acceptors (Lipinski definition) is 6. The van der Waals surface area contributed by atoms with E-state index >= 15 is 0 Å². The molecule has 0 aliphatic rings. The molecule has 0 radical (unpaired) electrons. The molecule has 7 nitrogen and oxygen atoms in total. The maximum atomic E-state index is 12.4. The van der Waals surface area contributed by atoms with E-state index in [-0.39, 0.29) is 5.91 Å². The SMILES string of the molecule is Cc1ccc(-n2nnnc2SC(C)C(=O)Nc2cccc(C#N)c2)cc1. The average Bonchev–Trinajstić information content (AvgIpc) is 3.10. The van der Waals surface area contributed by atoms with Crippen molar-refractivity contribution in [2.45, 2.75) is 24.3 Å². The van der Waals surface area contributed by atoms with Crippen LogP contribution in [0.3, 0.4) is 0 Å². The number of carbonyl (C=O) groups excluding carboxylic acids is 1. The van der Waals surface area contributed by atoms with Crippen molar-refractivity contribution in [1.29, 1.82) is 5.26 Å². The van der Waals surface area contributed by atoms with Crippen molar-refractivity contribution < 1.29 is 4.79 Å². The Bertz CT molecular complexity index is 960. The standard InChI is InChI=1S/C18H16N6OS/c1-12-6-8-16(9-7-12)24-18(21-22-23-24)26-13(2)17(25)20-15-5-3-4-14(10-15)11-19/h3-10,13H,1-2H3,(H,20,25). The third-order valence-corrected chi connectivity index (χ3v) is 4.66. The Morgan fingerprint density at radius 1 is 1.27 bits per heavy atom. The lowest BCUT2D eigenvalue weighted by atomic mass is 10.2. The average molecular weight is 364 g/mol. The number of amides is 1. The minimum absolute atomic E-state index is 0.191. The Balaban J connectivity index is 1.71. The Morgan fingerprint density at radius 2 is 2.04 bits per heavy atom. The van der Waals surface area contributed by atoms with Crippen molar-refractivity contribution in [3.63, 3.8) is 0 Å². The molecule has 8 heteroatoms. The van der Waals surface area contributed by atoms with Crippen LogP contribution >= 0.6 is 11.8 Å². The van der Waals surface area contributed by atoms with E-state index < -0.39 is 5.25 Å². The number of benzene rings is 2. The zero-order valence-corrected chi connectivity index (χ0v) is 15.1. The summed E-state index contributed by atoms with van der Waals surface area (Å²) in [6.45, 7) is 3.79. The second-order valence-electron chi connectivity index (χ2n) is 5.65. The molecule has 1 N–H and O–H groups in total. The van der Waals surface area contributed by atoms with E-state index in [0.717, 1.165) is 11.3 Å². The number of tetrazole rings is 1. The number of nitriles is 1. The van der Waals surface area contributed by atoms with Crippen LogP contribution in [0.4, 0.5) is 5.69 Å². The van der Waals surface area contributed by atoms with E-state index in [1.165, 1.54) is 11.8 Å².